The highest BCUT2D eigenvalue weighted by molar-refractivity contribution is 7.99. The summed E-state index contributed by atoms with van der Waals surface area (Å²) < 4.78 is 14.9. The maximum Gasteiger partial charge on any atom is 0.343 e. The highest BCUT2D eigenvalue weighted by Gasteiger charge is 2.13. The van der Waals surface area contributed by atoms with Crippen LogP contribution in [0.4, 0.5) is 10.3 Å². The molecule has 9 heteroatoms. The van der Waals surface area contributed by atoms with Crippen molar-refractivity contribution in [2.75, 3.05) is 11.9 Å². The molecule has 0 aromatic carbocycles. The third kappa shape index (κ3) is 3.11. The van der Waals surface area contributed by atoms with Gasteiger partial charge in [0.2, 0.25) is 5.95 Å². The Kier molecular flexibility index (Phi) is 4.15. The molecule has 0 fully saturated rings. The predicted molar refractivity (Wildman–Crippen MR) is 68.7 cm³/mol. The minimum Gasteiger partial charge on any atom is -0.354 e. The van der Waals surface area contributed by atoms with Gasteiger partial charge in [-0.3, -0.25) is 4.57 Å². The lowest BCUT2D eigenvalue weighted by Crippen LogP contribution is -2.13. The van der Waals surface area contributed by atoms with Crippen molar-refractivity contribution in [3.63, 3.8) is 0 Å². The van der Waals surface area contributed by atoms with E-state index in [2.05, 4.69) is 25.5 Å². The number of hydrogen-bond acceptors (Lipinski definition) is 6. The van der Waals surface area contributed by atoms with Gasteiger partial charge in [-0.25, -0.2) is 24.3 Å². The second kappa shape index (κ2) is 5.83. The molecule has 102 valence electrons. The molecule has 0 spiro atoms. The fraction of sp³-hybridized carbons (Fsp3) is 0.400. The van der Waals surface area contributed by atoms with Crippen molar-refractivity contribution < 1.29 is 4.39 Å². The Labute approximate surface area is 112 Å². The summed E-state index contributed by atoms with van der Waals surface area (Å²) in [5, 5.41) is 9.49. The summed E-state index contributed by atoms with van der Waals surface area (Å²) in [6.45, 7) is 2.71. The molecule has 0 aliphatic heterocycles. The second-order valence-electron chi connectivity index (χ2n) is 3.75. The maximum atomic E-state index is 13.6. The zero-order valence-electron chi connectivity index (χ0n) is 10.5. The molecular formula is C10H13FN6OS. The van der Waals surface area contributed by atoms with Gasteiger partial charge in [0, 0.05) is 13.6 Å². The highest BCUT2D eigenvalue weighted by atomic mass is 32.2. The van der Waals surface area contributed by atoms with Crippen LogP contribution in [0.1, 0.15) is 13.3 Å². The van der Waals surface area contributed by atoms with Gasteiger partial charge in [0.05, 0.1) is 6.20 Å². The zero-order valence-corrected chi connectivity index (χ0v) is 11.3. The summed E-state index contributed by atoms with van der Waals surface area (Å²) in [5.74, 6) is -0.200. The third-order valence-corrected chi connectivity index (χ3v) is 3.30. The smallest absolute Gasteiger partial charge is 0.343 e. The van der Waals surface area contributed by atoms with Gasteiger partial charge >= 0.3 is 5.69 Å². The van der Waals surface area contributed by atoms with Crippen molar-refractivity contribution in [2.24, 2.45) is 7.05 Å². The molecule has 2 aromatic rings. The van der Waals surface area contributed by atoms with Crippen LogP contribution in [0.2, 0.25) is 0 Å². The molecule has 2 aromatic heterocycles. The Morgan fingerprint density at radius 1 is 1.58 bits per heavy atom. The van der Waals surface area contributed by atoms with Gasteiger partial charge in [-0.15, -0.1) is 5.10 Å². The van der Waals surface area contributed by atoms with Gasteiger partial charge in [-0.2, -0.15) is 0 Å². The van der Waals surface area contributed by atoms with Crippen molar-refractivity contribution in [3.8, 4) is 0 Å². The number of aromatic nitrogens is 5. The van der Waals surface area contributed by atoms with Gasteiger partial charge in [0.25, 0.3) is 0 Å². The first kappa shape index (κ1) is 13.5. The standard InChI is InChI=1S/C10H13FN6OS/c1-3-4-12-8-13-5-6(11)7(14-8)19-10-16-15-9(18)17(10)2/h5H,3-4H2,1-2H3,(H,15,18)(H,12,13,14). The Morgan fingerprint density at radius 3 is 3.00 bits per heavy atom. The first-order chi connectivity index (χ1) is 9.11. The molecule has 7 nitrogen and oxygen atoms in total. The number of halogens is 1. The molecule has 0 aliphatic rings. The Balaban J connectivity index is 2.23. The summed E-state index contributed by atoms with van der Waals surface area (Å²) in [4.78, 5) is 19.1. The van der Waals surface area contributed by atoms with Crippen LogP contribution in [0, 0.1) is 5.82 Å². The van der Waals surface area contributed by atoms with Gasteiger partial charge in [0.15, 0.2) is 11.0 Å². The van der Waals surface area contributed by atoms with Crippen LogP contribution in [0.3, 0.4) is 0 Å². The lowest BCUT2D eigenvalue weighted by molar-refractivity contribution is 0.579. The van der Waals surface area contributed by atoms with Crippen LogP contribution in [0.15, 0.2) is 21.2 Å². The lowest BCUT2D eigenvalue weighted by atomic mass is 10.5. The van der Waals surface area contributed by atoms with E-state index in [0.29, 0.717) is 17.6 Å². The molecule has 0 radical (unpaired) electrons. The molecule has 0 atom stereocenters. The molecule has 0 aliphatic carbocycles. The van der Waals surface area contributed by atoms with E-state index in [1.807, 2.05) is 6.92 Å². The normalized spacial score (nSPS) is 10.7. The van der Waals surface area contributed by atoms with E-state index in [1.165, 1.54) is 4.57 Å². The van der Waals surface area contributed by atoms with Crippen LogP contribution >= 0.6 is 11.8 Å². The average molecular weight is 284 g/mol. The van der Waals surface area contributed by atoms with Crippen LogP contribution in [-0.4, -0.2) is 31.3 Å². The largest absolute Gasteiger partial charge is 0.354 e. The van der Waals surface area contributed by atoms with E-state index in [1.54, 1.807) is 7.05 Å². The van der Waals surface area contributed by atoms with Crippen LogP contribution < -0.4 is 11.0 Å². The summed E-state index contributed by atoms with van der Waals surface area (Å²) in [6.07, 6.45) is 2.01. The fourth-order valence-corrected chi connectivity index (χ4v) is 2.02. The van der Waals surface area contributed by atoms with E-state index < -0.39 is 5.82 Å². The van der Waals surface area contributed by atoms with Crippen molar-refractivity contribution in [1.82, 2.24) is 24.7 Å². The summed E-state index contributed by atoms with van der Waals surface area (Å²) in [7, 11) is 1.55. The van der Waals surface area contributed by atoms with E-state index in [9.17, 15) is 9.18 Å². The average Bonchev–Trinajstić information content (AvgIpc) is 2.71. The predicted octanol–water partition coefficient (Wildman–Crippen LogP) is 1.01. The minimum atomic E-state index is -0.553. The molecule has 0 bridgehead atoms. The molecule has 2 heterocycles. The van der Waals surface area contributed by atoms with Crippen molar-refractivity contribution >= 4 is 17.7 Å². The van der Waals surface area contributed by atoms with Gasteiger partial charge < -0.3 is 5.32 Å². The first-order valence-electron chi connectivity index (χ1n) is 5.67. The van der Waals surface area contributed by atoms with Crippen LogP contribution in [0.25, 0.3) is 0 Å². The Hall–Kier alpha value is -1.90. The minimum absolute atomic E-state index is 0.121. The maximum absolute atomic E-state index is 13.6. The van der Waals surface area contributed by atoms with Gasteiger partial charge in [0.1, 0.15) is 5.03 Å². The molecule has 0 saturated carbocycles. The lowest BCUT2D eigenvalue weighted by Gasteiger charge is -2.05. The molecule has 0 amide bonds. The number of aromatic amines is 1. The topological polar surface area (TPSA) is 88.5 Å². The first-order valence-corrected chi connectivity index (χ1v) is 6.49. The molecule has 19 heavy (non-hydrogen) atoms. The fourth-order valence-electron chi connectivity index (χ4n) is 1.26. The molecule has 2 N–H and O–H groups in total. The quantitative estimate of drug-likeness (QED) is 0.797. The van der Waals surface area contributed by atoms with E-state index in [-0.39, 0.29) is 10.7 Å². The monoisotopic (exact) mass is 284 g/mol. The molecular weight excluding hydrogens is 271 g/mol. The summed E-state index contributed by atoms with van der Waals surface area (Å²) in [6, 6.07) is 0. The third-order valence-electron chi connectivity index (χ3n) is 2.27. The molecule has 0 unspecified atom stereocenters. The van der Waals surface area contributed by atoms with Crippen molar-refractivity contribution in [2.45, 2.75) is 23.5 Å². The number of anilines is 1. The highest BCUT2D eigenvalue weighted by Crippen LogP contribution is 2.25. The van der Waals surface area contributed by atoms with E-state index >= 15 is 0 Å². The van der Waals surface area contributed by atoms with E-state index in [4.69, 9.17) is 0 Å². The zero-order chi connectivity index (χ0) is 13.8. The SMILES string of the molecule is CCCNc1ncc(F)c(Sc2n[nH]c(=O)n2C)n1. The molecule has 0 saturated heterocycles. The number of nitrogens with one attached hydrogen (secondary N) is 2. The summed E-state index contributed by atoms with van der Waals surface area (Å²) >= 11 is 0.964. The van der Waals surface area contributed by atoms with Gasteiger partial charge in [-0.1, -0.05) is 6.92 Å². The Morgan fingerprint density at radius 2 is 2.37 bits per heavy atom. The van der Waals surface area contributed by atoms with Crippen molar-refractivity contribution in [3.05, 3.63) is 22.5 Å². The van der Waals surface area contributed by atoms with Crippen molar-refractivity contribution in [1.29, 1.82) is 0 Å². The van der Waals surface area contributed by atoms with E-state index in [0.717, 1.165) is 24.4 Å². The summed E-state index contributed by atoms with van der Waals surface area (Å²) in [5.41, 5.74) is -0.360. The number of H-pyrrole nitrogens is 1. The van der Waals surface area contributed by atoms with Gasteiger partial charge in [-0.05, 0) is 18.2 Å². The number of hydrogen-bond donors (Lipinski definition) is 2. The van der Waals surface area contributed by atoms with Crippen LogP contribution in [-0.2, 0) is 7.05 Å². The number of nitrogens with zero attached hydrogens (tertiary/aromatic N) is 4. The Bertz CT molecular complexity index is 625. The second-order valence-corrected chi connectivity index (χ2v) is 4.70. The van der Waals surface area contributed by atoms with Crippen LogP contribution in [0.5, 0.6) is 0 Å². The molecule has 2 rings (SSSR count). The number of rotatable bonds is 5.